The smallest absolute Gasteiger partial charge is 0.387 e. The molecule has 13 heteroatoms. The molecule has 1 fully saturated rings. The summed E-state index contributed by atoms with van der Waals surface area (Å²) in [5.74, 6) is -2.26. The molecule has 0 radical (unpaired) electrons. The number of rotatable bonds is 10. The molecule has 0 bridgehead atoms. The molecule has 1 aromatic carbocycles. The number of piperidine rings is 1. The molecule has 2 aromatic rings. The predicted octanol–water partition coefficient (Wildman–Crippen LogP) is 4.85. The Morgan fingerprint density at radius 3 is 2.76 bits per heavy atom. The third kappa shape index (κ3) is 5.66. The SMILES string of the molecule is NC(=O)c1c(F)cccc1CCC1SC=NC1(C(F)F)N1CCCCC1Oc1ncccc1OC(F)F. The van der Waals surface area contributed by atoms with Crippen molar-refractivity contribution in [2.45, 2.75) is 62.3 Å². The maximum absolute atomic E-state index is 14.9. The molecule has 7 nitrogen and oxygen atoms in total. The highest BCUT2D eigenvalue weighted by molar-refractivity contribution is 8.13. The summed E-state index contributed by atoms with van der Waals surface area (Å²) in [5.41, 5.74) is 4.75. The van der Waals surface area contributed by atoms with Crippen LogP contribution in [-0.2, 0) is 6.42 Å². The first-order valence-electron chi connectivity index (χ1n) is 11.6. The number of thioether (sulfide) groups is 1. The number of halogens is 5. The summed E-state index contributed by atoms with van der Waals surface area (Å²) in [6.45, 7) is -2.90. The molecule has 0 aliphatic carbocycles. The van der Waals surface area contributed by atoms with Gasteiger partial charge >= 0.3 is 6.61 Å². The van der Waals surface area contributed by atoms with Crippen LogP contribution in [0.3, 0.4) is 0 Å². The molecular formula is C24H25F5N4O3S. The molecular weight excluding hydrogens is 519 g/mol. The average molecular weight is 545 g/mol. The van der Waals surface area contributed by atoms with Gasteiger partial charge in [-0.25, -0.2) is 23.1 Å². The summed E-state index contributed by atoms with van der Waals surface area (Å²) < 4.78 is 80.1. The van der Waals surface area contributed by atoms with Crippen LogP contribution in [0.25, 0.3) is 0 Å². The van der Waals surface area contributed by atoms with E-state index >= 15 is 0 Å². The first-order valence-corrected chi connectivity index (χ1v) is 12.6. The predicted molar refractivity (Wildman–Crippen MR) is 128 cm³/mol. The van der Waals surface area contributed by atoms with Gasteiger partial charge in [-0.3, -0.25) is 9.79 Å². The van der Waals surface area contributed by atoms with Crippen molar-refractivity contribution < 1.29 is 36.2 Å². The van der Waals surface area contributed by atoms with Gasteiger partial charge in [0.05, 0.1) is 16.4 Å². The van der Waals surface area contributed by atoms with Gasteiger partial charge in [-0.1, -0.05) is 12.1 Å². The van der Waals surface area contributed by atoms with Crippen LogP contribution in [0, 0.1) is 5.82 Å². The number of carbonyl (C=O) groups is 1. The number of amides is 1. The largest absolute Gasteiger partial charge is 0.456 e. The average Bonchev–Trinajstić information content (AvgIpc) is 3.28. The number of hydrogen-bond donors (Lipinski definition) is 1. The van der Waals surface area contributed by atoms with Crippen molar-refractivity contribution in [2.24, 2.45) is 10.7 Å². The first-order chi connectivity index (χ1) is 17.7. The molecule has 3 atom stereocenters. The lowest BCUT2D eigenvalue weighted by molar-refractivity contribution is -0.133. The van der Waals surface area contributed by atoms with Gasteiger partial charge in [-0.2, -0.15) is 8.78 Å². The fourth-order valence-electron chi connectivity index (χ4n) is 4.79. The van der Waals surface area contributed by atoms with E-state index < -0.39 is 41.9 Å². The van der Waals surface area contributed by atoms with Crippen molar-refractivity contribution in [1.82, 2.24) is 9.88 Å². The molecule has 37 heavy (non-hydrogen) atoms. The number of hydrogen-bond acceptors (Lipinski definition) is 7. The second-order valence-corrected chi connectivity index (χ2v) is 9.62. The molecule has 4 rings (SSSR count). The zero-order valence-corrected chi connectivity index (χ0v) is 20.4. The molecule has 200 valence electrons. The van der Waals surface area contributed by atoms with Gasteiger partial charge in [-0.15, -0.1) is 11.8 Å². The number of aromatic nitrogens is 1. The molecule has 2 N–H and O–H groups in total. The Labute approximate surface area is 214 Å². The van der Waals surface area contributed by atoms with Crippen LogP contribution >= 0.6 is 11.8 Å². The maximum atomic E-state index is 14.9. The molecule has 0 saturated carbocycles. The Bertz CT molecular complexity index is 1140. The van der Waals surface area contributed by atoms with Crippen LogP contribution in [0.15, 0.2) is 41.5 Å². The number of nitrogens with two attached hydrogens (primary N) is 1. The minimum Gasteiger partial charge on any atom is -0.456 e. The fraction of sp³-hybridized carbons (Fsp3) is 0.458. The normalized spacial score (nSPS) is 24.1. The van der Waals surface area contributed by atoms with Gasteiger partial charge in [-0.05, 0) is 55.9 Å². The van der Waals surface area contributed by atoms with Crippen LogP contribution in [0.2, 0.25) is 0 Å². The highest BCUT2D eigenvalue weighted by atomic mass is 32.2. The van der Waals surface area contributed by atoms with E-state index in [1.54, 1.807) is 0 Å². The van der Waals surface area contributed by atoms with E-state index in [4.69, 9.17) is 10.5 Å². The minimum absolute atomic E-state index is 0.109. The lowest BCUT2D eigenvalue weighted by atomic mass is 9.93. The van der Waals surface area contributed by atoms with Crippen LogP contribution in [0.1, 0.15) is 41.6 Å². The Morgan fingerprint density at radius 2 is 2.03 bits per heavy atom. The third-order valence-corrected chi connectivity index (χ3v) is 7.55. The summed E-state index contributed by atoms with van der Waals surface area (Å²) in [7, 11) is 0. The van der Waals surface area contributed by atoms with Gasteiger partial charge in [0.1, 0.15) is 5.82 Å². The van der Waals surface area contributed by atoms with Crippen molar-refractivity contribution in [3.63, 3.8) is 0 Å². The van der Waals surface area contributed by atoms with Gasteiger partial charge in [0.25, 0.3) is 18.2 Å². The Balaban J connectivity index is 1.61. The monoisotopic (exact) mass is 544 g/mol. The zero-order valence-electron chi connectivity index (χ0n) is 19.5. The summed E-state index contributed by atoms with van der Waals surface area (Å²) in [5, 5.41) is -0.777. The quantitative estimate of drug-likeness (QED) is 0.430. The molecule has 3 unspecified atom stereocenters. The summed E-state index contributed by atoms with van der Waals surface area (Å²) in [4.78, 5) is 21.4. The van der Waals surface area contributed by atoms with Crippen molar-refractivity contribution in [3.8, 4) is 11.6 Å². The van der Waals surface area contributed by atoms with E-state index in [2.05, 4.69) is 14.7 Å². The van der Waals surface area contributed by atoms with Crippen LogP contribution in [0.5, 0.6) is 11.6 Å². The van der Waals surface area contributed by atoms with Gasteiger partial charge < -0.3 is 15.2 Å². The van der Waals surface area contributed by atoms with E-state index in [1.807, 2.05) is 0 Å². The number of ether oxygens (including phenoxy) is 2. The minimum atomic E-state index is -3.12. The van der Waals surface area contributed by atoms with Gasteiger partial charge in [0, 0.05) is 12.7 Å². The number of nitrogens with zero attached hydrogens (tertiary/aromatic N) is 3. The number of likely N-dealkylation sites (tertiary alicyclic amines) is 1. The highest BCUT2D eigenvalue weighted by Crippen LogP contribution is 2.45. The Hall–Kier alpha value is -2.93. The molecule has 0 spiro atoms. The second kappa shape index (κ2) is 11.6. The number of aliphatic imine (C=N–C) groups is 1. The van der Waals surface area contributed by atoms with Crippen LogP contribution in [-0.4, -0.2) is 58.1 Å². The van der Waals surface area contributed by atoms with Gasteiger partial charge in [0.15, 0.2) is 17.6 Å². The zero-order chi connectivity index (χ0) is 26.6. The number of aryl methyl sites for hydroxylation is 1. The van der Waals surface area contributed by atoms with Crippen molar-refractivity contribution in [2.75, 3.05) is 6.54 Å². The Kier molecular flexibility index (Phi) is 8.53. The molecule has 1 aromatic heterocycles. The van der Waals surface area contributed by atoms with E-state index in [9.17, 15) is 26.7 Å². The van der Waals surface area contributed by atoms with E-state index in [0.29, 0.717) is 24.8 Å². The molecule has 3 heterocycles. The number of alkyl halides is 4. The molecule has 2 aliphatic rings. The van der Waals surface area contributed by atoms with Crippen molar-refractivity contribution in [3.05, 3.63) is 53.5 Å². The van der Waals surface area contributed by atoms with Gasteiger partial charge in [0.2, 0.25) is 0 Å². The van der Waals surface area contributed by atoms with Crippen molar-refractivity contribution >= 4 is 23.2 Å². The van der Waals surface area contributed by atoms with Crippen molar-refractivity contribution in [1.29, 1.82) is 0 Å². The van der Waals surface area contributed by atoms with Crippen LogP contribution < -0.4 is 15.2 Å². The number of pyridine rings is 1. The van der Waals surface area contributed by atoms with E-state index in [-0.39, 0.29) is 36.6 Å². The standard InChI is InChI=1S/C24H25F5N4O3S/c25-15-6-3-5-14(19(15)20(30)34)9-10-17-24(22(26)27,32-13-37-17)33-12-2-1-8-18(33)36-21-16(35-23(28)29)7-4-11-31-21/h3-7,11,13,17-18,22-23H,1-2,8-10,12H2,(H2,30,34). The van der Waals surface area contributed by atoms with Crippen LogP contribution in [0.4, 0.5) is 22.0 Å². The lowest BCUT2D eigenvalue weighted by Crippen LogP contribution is -2.63. The number of benzene rings is 1. The summed E-state index contributed by atoms with van der Waals surface area (Å²) >= 11 is 1.11. The lowest BCUT2D eigenvalue weighted by Gasteiger charge is -2.47. The number of primary amides is 1. The number of carbonyl (C=O) groups excluding carboxylic acids is 1. The highest BCUT2D eigenvalue weighted by Gasteiger charge is 2.56. The second-order valence-electron chi connectivity index (χ2n) is 8.57. The molecule has 1 saturated heterocycles. The first kappa shape index (κ1) is 27.1. The third-order valence-electron chi connectivity index (χ3n) is 6.41. The maximum Gasteiger partial charge on any atom is 0.387 e. The summed E-state index contributed by atoms with van der Waals surface area (Å²) in [6, 6.07) is 6.72. The van der Waals surface area contributed by atoms with E-state index in [0.717, 1.165) is 17.8 Å². The van der Waals surface area contributed by atoms with E-state index in [1.165, 1.54) is 40.9 Å². The fourth-order valence-corrected chi connectivity index (χ4v) is 5.92. The molecule has 2 aliphatic heterocycles. The Morgan fingerprint density at radius 1 is 1.22 bits per heavy atom. The topological polar surface area (TPSA) is 90.0 Å². The summed E-state index contributed by atoms with van der Waals surface area (Å²) in [6.07, 6.45) is -0.719. The molecule has 1 amide bonds.